The Morgan fingerprint density at radius 2 is 1.96 bits per heavy atom. The zero-order valence-electron chi connectivity index (χ0n) is 16.1. The van der Waals surface area contributed by atoms with E-state index < -0.39 is 0 Å². The van der Waals surface area contributed by atoms with Gasteiger partial charge in [0, 0.05) is 31.7 Å². The lowest BCUT2D eigenvalue weighted by atomic mass is 10.1. The Balaban J connectivity index is 1.51. The van der Waals surface area contributed by atoms with Crippen LogP contribution in [0.15, 0.2) is 24.3 Å². The molecule has 0 radical (unpaired) electrons. The molecule has 0 spiro atoms. The quantitative estimate of drug-likeness (QED) is 0.842. The number of amides is 2. The molecule has 0 saturated carbocycles. The van der Waals surface area contributed by atoms with Crippen LogP contribution < -0.4 is 4.74 Å². The van der Waals surface area contributed by atoms with E-state index in [9.17, 15) is 9.59 Å². The Morgan fingerprint density at radius 1 is 1.22 bits per heavy atom. The van der Waals surface area contributed by atoms with Crippen LogP contribution in [-0.4, -0.2) is 58.6 Å². The lowest BCUT2D eigenvalue weighted by Gasteiger charge is -2.34. The summed E-state index contributed by atoms with van der Waals surface area (Å²) in [4.78, 5) is 28.4. The number of carbonyl (C=O) groups excluding carboxylic acids is 2. The molecule has 1 fully saturated rings. The third-order valence-corrected chi connectivity index (χ3v) is 5.07. The molecule has 0 unspecified atom stereocenters. The SMILES string of the molecule is COc1ccc(CN2CCN(C(=O)CCc3c(C)n[nH]c3C)CC2=O)cc1. The van der Waals surface area contributed by atoms with E-state index in [4.69, 9.17) is 4.74 Å². The van der Waals surface area contributed by atoms with Crippen molar-refractivity contribution in [3.05, 3.63) is 46.8 Å². The number of methoxy groups -OCH3 is 1. The predicted octanol–water partition coefficient (Wildman–Crippen LogP) is 1.84. The maximum Gasteiger partial charge on any atom is 0.242 e. The van der Waals surface area contributed by atoms with Gasteiger partial charge >= 0.3 is 0 Å². The van der Waals surface area contributed by atoms with Gasteiger partial charge in [-0.3, -0.25) is 14.7 Å². The molecule has 1 aliphatic heterocycles. The van der Waals surface area contributed by atoms with Crippen molar-refractivity contribution < 1.29 is 14.3 Å². The van der Waals surface area contributed by atoms with Gasteiger partial charge in [-0.25, -0.2) is 0 Å². The second-order valence-corrected chi connectivity index (χ2v) is 6.89. The maximum atomic E-state index is 12.5. The highest BCUT2D eigenvalue weighted by Crippen LogP contribution is 2.16. The molecule has 2 aromatic rings. The molecule has 3 rings (SSSR count). The van der Waals surface area contributed by atoms with Crippen LogP contribution in [0.4, 0.5) is 0 Å². The Hall–Kier alpha value is -2.83. The second-order valence-electron chi connectivity index (χ2n) is 6.89. The Morgan fingerprint density at radius 3 is 2.56 bits per heavy atom. The summed E-state index contributed by atoms with van der Waals surface area (Å²) in [5.41, 5.74) is 4.07. The zero-order chi connectivity index (χ0) is 19.4. The standard InChI is InChI=1S/C20H26N4O3/c1-14-18(15(2)22-21-14)8-9-19(25)24-11-10-23(20(26)13-24)12-16-4-6-17(27-3)7-5-16/h4-7H,8-13H2,1-3H3,(H,21,22). The molecule has 2 heterocycles. The van der Waals surface area contributed by atoms with Crippen molar-refractivity contribution in [1.82, 2.24) is 20.0 Å². The topological polar surface area (TPSA) is 78.5 Å². The number of rotatable bonds is 6. The van der Waals surface area contributed by atoms with Crippen LogP contribution in [-0.2, 0) is 22.6 Å². The first-order valence-electron chi connectivity index (χ1n) is 9.17. The molecule has 1 saturated heterocycles. The number of aromatic amines is 1. The molecule has 0 atom stereocenters. The number of ether oxygens (including phenoxy) is 1. The van der Waals surface area contributed by atoms with Crippen molar-refractivity contribution in [1.29, 1.82) is 0 Å². The third-order valence-electron chi connectivity index (χ3n) is 5.07. The molecule has 1 N–H and O–H groups in total. The summed E-state index contributed by atoms with van der Waals surface area (Å²) in [5, 5.41) is 7.10. The average Bonchev–Trinajstić information content (AvgIpc) is 2.99. The van der Waals surface area contributed by atoms with Crippen molar-refractivity contribution >= 4 is 11.8 Å². The van der Waals surface area contributed by atoms with Crippen molar-refractivity contribution in [3.63, 3.8) is 0 Å². The first-order chi connectivity index (χ1) is 13.0. The Labute approximate surface area is 159 Å². The van der Waals surface area contributed by atoms with Crippen LogP contribution in [0.3, 0.4) is 0 Å². The van der Waals surface area contributed by atoms with Gasteiger partial charge in [-0.05, 0) is 43.5 Å². The third kappa shape index (κ3) is 4.48. The fourth-order valence-electron chi connectivity index (χ4n) is 3.37. The molecule has 1 aromatic heterocycles. The van der Waals surface area contributed by atoms with Crippen LogP contribution in [0.5, 0.6) is 5.75 Å². The summed E-state index contributed by atoms with van der Waals surface area (Å²) in [5.74, 6) is 0.803. The highest BCUT2D eigenvalue weighted by molar-refractivity contribution is 5.86. The van der Waals surface area contributed by atoms with Gasteiger partial charge in [0.1, 0.15) is 5.75 Å². The first-order valence-corrected chi connectivity index (χ1v) is 9.17. The molecular weight excluding hydrogens is 344 g/mol. The summed E-state index contributed by atoms with van der Waals surface area (Å²) in [6.45, 7) is 5.73. The summed E-state index contributed by atoms with van der Waals surface area (Å²) in [7, 11) is 1.63. The van der Waals surface area contributed by atoms with E-state index in [1.165, 1.54) is 0 Å². The van der Waals surface area contributed by atoms with Gasteiger partial charge in [-0.15, -0.1) is 0 Å². The van der Waals surface area contributed by atoms with Gasteiger partial charge in [0.25, 0.3) is 0 Å². The number of benzene rings is 1. The van der Waals surface area contributed by atoms with Crippen molar-refractivity contribution in [2.75, 3.05) is 26.7 Å². The van der Waals surface area contributed by atoms with Gasteiger partial charge < -0.3 is 14.5 Å². The summed E-state index contributed by atoms with van der Waals surface area (Å²) < 4.78 is 5.15. The van der Waals surface area contributed by atoms with E-state index in [1.807, 2.05) is 38.1 Å². The van der Waals surface area contributed by atoms with Crippen LogP contribution in [0.25, 0.3) is 0 Å². The first kappa shape index (κ1) is 18.9. The molecule has 144 valence electrons. The number of piperazine rings is 1. The predicted molar refractivity (Wildman–Crippen MR) is 101 cm³/mol. The van der Waals surface area contributed by atoms with Gasteiger partial charge in [0.05, 0.1) is 19.3 Å². The normalized spacial score (nSPS) is 14.6. The van der Waals surface area contributed by atoms with Crippen molar-refractivity contribution in [3.8, 4) is 5.75 Å². The van der Waals surface area contributed by atoms with E-state index in [-0.39, 0.29) is 18.4 Å². The van der Waals surface area contributed by atoms with E-state index in [0.717, 1.165) is 28.3 Å². The highest BCUT2D eigenvalue weighted by Gasteiger charge is 2.27. The lowest BCUT2D eigenvalue weighted by molar-refractivity contribution is -0.145. The molecule has 0 bridgehead atoms. The number of hydrogen-bond acceptors (Lipinski definition) is 4. The Bertz CT molecular complexity index is 794. The monoisotopic (exact) mass is 370 g/mol. The molecule has 27 heavy (non-hydrogen) atoms. The number of hydrogen-bond donors (Lipinski definition) is 1. The molecule has 1 aromatic carbocycles. The smallest absolute Gasteiger partial charge is 0.242 e. The minimum Gasteiger partial charge on any atom is -0.497 e. The summed E-state index contributed by atoms with van der Waals surface area (Å²) >= 11 is 0. The van der Waals surface area contributed by atoms with E-state index >= 15 is 0 Å². The Kier molecular flexibility index (Phi) is 5.78. The number of nitrogens with zero attached hydrogens (tertiary/aromatic N) is 3. The number of aromatic nitrogens is 2. The largest absolute Gasteiger partial charge is 0.497 e. The fraction of sp³-hybridized carbons (Fsp3) is 0.450. The molecule has 7 nitrogen and oxygen atoms in total. The number of aryl methyl sites for hydroxylation is 2. The van der Waals surface area contributed by atoms with Crippen LogP contribution in [0.2, 0.25) is 0 Å². The van der Waals surface area contributed by atoms with E-state index in [0.29, 0.717) is 32.5 Å². The average molecular weight is 370 g/mol. The summed E-state index contributed by atoms with van der Waals surface area (Å²) in [6, 6.07) is 7.69. The zero-order valence-corrected chi connectivity index (χ0v) is 16.1. The van der Waals surface area contributed by atoms with Gasteiger partial charge in [0.2, 0.25) is 11.8 Å². The second kappa shape index (κ2) is 8.24. The molecule has 0 aliphatic carbocycles. The highest BCUT2D eigenvalue weighted by atomic mass is 16.5. The number of H-pyrrole nitrogens is 1. The molecular formula is C20H26N4O3. The van der Waals surface area contributed by atoms with Crippen LogP contribution in [0, 0.1) is 13.8 Å². The summed E-state index contributed by atoms with van der Waals surface area (Å²) in [6.07, 6.45) is 1.04. The van der Waals surface area contributed by atoms with Gasteiger partial charge in [0.15, 0.2) is 0 Å². The van der Waals surface area contributed by atoms with Gasteiger partial charge in [-0.2, -0.15) is 5.10 Å². The maximum absolute atomic E-state index is 12.5. The van der Waals surface area contributed by atoms with Crippen LogP contribution in [0.1, 0.15) is 28.9 Å². The number of carbonyl (C=O) groups is 2. The minimum atomic E-state index is -0.0129. The van der Waals surface area contributed by atoms with E-state index in [1.54, 1.807) is 16.9 Å². The van der Waals surface area contributed by atoms with Gasteiger partial charge in [-0.1, -0.05) is 12.1 Å². The molecule has 1 aliphatic rings. The minimum absolute atomic E-state index is 0.0129. The number of nitrogens with one attached hydrogen (secondary N) is 1. The lowest BCUT2D eigenvalue weighted by Crippen LogP contribution is -2.51. The van der Waals surface area contributed by atoms with Crippen molar-refractivity contribution in [2.45, 2.75) is 33.2 Å². The van der Waals surface area contributed by atoms with Crippen molar-refractivity contribution in [2.24, 2.45) is 0 Å². The molecule has 7 heteroatoms. The van der Waals surface area contributed by atoms with Crippen LogP contribution >= 0.6 is 0 Å². The molecule has 2 amide bonds. The van der Waals surface area contributed by atoms with E-state index in [2.05, 4.69) is 10.2 Å². The fourth-order valence-corrected chi connectivity index (χ4v) is 3.37.